The van der Waals surface area contributed by atoms with Gasteiger partial charge < -0.3 is 0 Å². The van der Waals surface area contributed by atoms with Gasteiger partial charge in [-0.15, -0.1) is 5.10 Å². The number of benzene rings is 2. The zero-order valence-corrected chi connectivity index (χ0v) is 13.8. The van der Waals surface area contributed by atoms with Crippen molar-refractivity contribution in [1.82, 2.24) is 15.2 Å². The van der Waals surface area contributed by atoms with Gasteiger partial charge in [0.2, 0.25) is 5.16 Å². The van der Waals surface area contributed by atoms with Crippen molar-refractivity contribution in [2.24, 2.45) is 0 Å². The second kappa shape index (κ2) is 7.16. The maximum atomic E-state index is 12.7. The van der Waals surface area contributed by atoms with Crippen molar-refractivity contribution in [2.75, 3.05) is 0 Å². The van der Waals surface area contributed by atoms with Gasteiger partial charge in [0.25, 0.3) is 5.69 Å². The van der Waals surface area contributed by atoms with Crippen LogP contribution in [0.15, 0.2) is 58.6 Å². The van der Waals surface area contributed by atoms with E-state index < -0.39 is 22.4 Å². The van der Waals surface area contributed by atoms with Crippen LogP contribution in [-0.2, 0) is 12.6 Å². The van der Waals surface area contributed by atoms with Crippen molar-refractivity contribution in [3.63, 3.8) is 0 Å². The van der Waals surface area contributed by atoms with Crippen molar-refractivity contribution in [2.45, 2.75) is 22.6 Å². The van der Waals surface area contributed by atoms with Crippen LogP contribution in [-0.4, -0.2) is 20.1 Å². The van der Waals surface area contributed by atoms with Gasteiger partial charge in [0.15, 0.2) is 0 Å². The van der Waals surface area contributed by atoms with E-state index in [0.29, 0.717) is 18.3 Å². The van der Waals surface area contributed by atoms with Gasteiger partial charge in [0, 0.05) is 12.5 Å². The normalized spacial score (nSPS) is 11.5. The molecule has 0 atom stereocenters. The molecule has 0 aliphatic carbocycles. The van der Waals surface area contributed by atoms with Crippen LogP contribution in [0.4, 0.5) is 18.9 Å². The largest absolute Gasteiger partial charge is 0.416 e. The van der Waals surface area contributed by atoms with Gasteiger partial charge >= 0.3 is 6.18 Å². The topological polar surface area (TPSA) is 84.7 Å². The van der Waals surface area contributed by atoms with Crippen LogP contribution in [0, 0.1) is 10.1 Å². The summed E-state index contributed by atoms with van der Waals surface area (Å²) in [5.74, 6) is 0.549. The number of rotatable bonds is 5. The molecule has 10 heteroatoms. The quantitative estimate of drug-likeness (QED) is 0.521. The molecule has 1 aromatic heterocycles. The Morgan fingerprint density at radius 1 is 1.15 bits per heavy atom. The number of nitro groups is 1. The lowest BCUT2D eigenvalue weighted by Gasteiger charge is -2.07. The first-order valence-corrected chi connectivity index (χ1v) is 8.13. The number of alkyl halides is 3. The standard InChI is InChI=1S/C16H11F3N4O2S/c17-16(18,19)11-6-7-13(12(9-11)23(24)25)26-15-20-14(21-22-15)8-10-4-2-1-3-5-10/h1-7,9H,8H2,(H,20,21,22). The third-order valence-corrected chi connectivity index (χ3v) is 4.34. The molecule has 1 N–H and O–H groups in total. The molecule has 0 amide bonds. The molecule has 0 fully saturated rings. The minimum absolute atomic E-state index is 0.0354. The van der Waals surface area contributed by atoms with E-state index in [1.807, 2.05) is 30.3 Å². The summed E-state index contributed by atoms with van der Waals surface area (Å²) in [5, 5.41) is 18.0. The second-order valence-corrected chi connectivity index (χ2v) is 6.28. The summed E-state index contributed by atoms with van der Waals surface area (Å²) >= 11 is 0.831. The summed E-state index contributed by atoms with van der Waals surface area (Å²) in [6, 6.07) is 11.8. The number of hydrogen-bond acceptors (Lipinski definition) is 5. The Bertz CT molecular complexity index is 929. The lowest BCUT2D eigenvalue weighted by Crippen LogP contribution is -2.05. The zero-order valence-electron chi connectivity index (χ0n) is 13.0. The molecule has 0 bridgehead atoms. The molecule has 0 aliphatic rings. The van der Waals surface area contributed by atoms with E-state index in [1.54, 1.807) is 0 Å². The van der Waals surface area contributed by atoms with Crippen LogP contribution in [0.3, 0.4) is 0 Å². The molecule has 6 nitrogen and oxygen atoms in total. The smallest absolute Gasteiger partial charge is 0.262 e. The fourth-order valence-electron chi connectivity index (χ4n) is 2.21. The Balaban J connectivity index is 1.82. The van der Waals surface area contributed by atoms with Crippen LogP contribution in [0.25, 0.3) is 0 Å². The summed E-state index contributed by atoms with van der Waals surface area (Å²) in [6.45, 7) is 0. The van der Waals surface area contributed by atoms with Crippen molar-refractivity contribution < 1.29 is 18.1 Å². The molecule has 0 aliphatic heterocycles. The number of nitrogens with one attached hydrogen (secondary N) is 1. The number of halogens is 3. The third-order valence-electron chi connectivity index (χ3n) is 3.41. The number of hydrogen-bond donors (Lipinski definition) is 1. The SMILES string of the molecule is O=[N+]([O-])c1cc(C(F)(F)F)ccc1Sc1n[nH]c(Cc2ccccc2)n1. The molecule has 3 aromatic rings. The first-order chi connectivity index (χ1) is 12.3. The molecule has 1 heterocycles. The molecular formula is C16H11F3N4O2S. The molecule has 134 valence electrons. The molecule has 3 rings (SSSR count). The van der Waals surface area contributed by atoms with E-state index in [0.717, 1.165) is 29.5 Å². The van der Waals surface area contributed by atoms with Crippen molar-refractivity contribution in [3.8, 4) is 0 Å². The van der Waals surface area contributed by atoms with Crippen LogP contribution < -0.4 is 0 Å². The van der Waals surface area contributed by atoms with Crippen LogP contribution in [0.2, 0.25) is 0 Å². The molecular weight excluding hydrogens is 369 g/mol. The summed E-state index contributed by atoms with van der Waals surface area (Å²) < 4.78 is 38.2. The van der Waals surface area contributed by atoms with Crippen LogP contribution >= 0.6 is 11.8 Å². The first-order valence-electron chi connectivity index (χ1n) is 7.31. The van der Waals surface area contributed by atoms with Crippen LogP contribution in [0.1, 0.15) is 17.0 Å². The molecule has 0 unspecified atom stereocenters. The minimum atomic E-state index is -4.65. The van der Waals surface area contributed by atoms with Gasteiger partial charge in [0.1, 0.15) is 5.82 Å². The Morgan fingerprint density at radius 2 is 1.88 bits per heavy atom. The highest BCUT2D eigenvalue weighted by Crippen LogP contribution is 2.38. The molecule has 0 radical (unpaired) electrons. The zero-order chi connectivity index (χ0) is 18.7. The molecule has 0 spiro atoms. The average molecular weight is 380 g/mol. The summed E-state index contributed by atoms with van der Waals surface area (Å²) in [5.41, 5.74) is -0.715. The lowest BCUT2D eigenvalue weighted by atomic mass is 10.1. The molecule has 0 saturated heterocycles. The summed E-state index contributed by atoms with van der Waals surface area (Å²) in [6.07, 6.45) is -4.16. The van der Waals surface area contributed by atoms with Crippen molar-refractivity contribution in [3.05, 3.63) is 75.6 Å². The van der Waals surface area contributed by atoms with Crippen LogP contribution in [0.5, 0.6) is 0 Å². The highest BCUT2D eigenvalue weighted by Gasteiger charge is 2.33. The third kappa shape index (κ3) is 4.20. The van der Waals surface area contributed by atoms with Gasteiger partial charge in [-0.3, -0.25) is 15.2 Å². The Labute approximate surface area is 149 Å². The number of aromatic amines is 1. The Hall–Kier alpha value is -2.88. The number of aromatic nitrogens is 3. The van der Waals surface area contributed by atoms with Gasteiger partial charge in [0.05, 0.1) is 15.4 Å². The fraction of sp³-hybridized carbons (Fsp3) is 0.125. The van der Waals surface area contributed by atoms with Crippen molar-refractivity contribution >= 4 is 17.4 Å². The lowest BCUT2D eigenvalue weighted by molar-refractivity contribution is -0.388. The van der Waals surface area contributed by atoms with E-state index in [2.05, 4.69) is 15.2 Å². The summed E-state index contributed by atoms with van der Waals surface area (Å²) in [4.78, 5) is 14.5. The maximum absolute atomic E-state index is 12.7. The van der Waals surface area contributed by atoms with E-state index in [-0.39, 0.29) is 10.1 Å². The Morgan fingerprint density at radius 3 is 2.54 bits per heavy atom. The van der Waals surface area contributed by atoms with E-state index >= 15 is 0 Å². The van der Waals surface area contributed by atoms with Gasteiger partial charge in [-0.1, -0.05) is 30.3 Å². The predicted molar refractivity (Wildman–Crippen MR) is 87.9 cm³/mol. The average Bonchev–Trinajstić information content (AvgIpc) is 3.02. The van der Waals surface area contributed by atoms with Crippen molar-refractivity contribution in [1.29, 1.82) is 0 Å². The number of H-pyrrole nitrogens is 1. The van der Waals surface area contributed by atoms with E-state index in [9.17, 15) is 23.3 Å². The molecule has 0 saturated carbocycles. The second-order valence-electron chi connectivity index (χ2n) is 5.27. The highest BCUT2D eigenvalue weighted by molar-refractivity contribution is 7.99. The predicted octanol–water partition coefficient (Wildman–Crippen LogP) is 4.47. The van der Waals surface area contributed by atoms with Gasteiger partial charge in [-0.05, 0) is 29.5 Å². The maximum Gasteiger partial charge on any atom is 0.416 e. The van der Waals surface area contributed by atoms with Gasteiger partial charge in [-0.2, -0.15) is 13.2 Å². The van der Waals surface area contributed by atoms with Gasteiger partial charge in [-0.25, -0.2) is 4.98 Å². The van der Waals surface area contributed by atoms with E-state index in [1.165, 1.54) is 0 Å². The highest BCUT2D eigenvalue weighted by atomic mass is 32.2. The minimum Gasteiger partial charge on any atom is -0.262 e. The number of nitro benzene ring substituents is 1. The van der Waals surface area contributed by atoms with E-state index in [4.69, 9.17) is 0 Å². The molecule has 2 aromatic carbocycles. The Kier molecular flexibility index (Phi) is 4.94. The molecule has 26 heavy (non-hydrogen) atoms. The number of nitrogens with zero attached hydrogens (tertiary/aromatic N) is 3. The monoisotopic (exact) mass is 380 g/mol. The fourth-order valence-corrected chi connectivity index (χ4v) is 3.03. The summed E-state index contributed by atoms with van der Waals surface area (Å²) in [7, 11) is 0. The first kappa shape index (κ1) is 17.9.